The van der Waals surface area contributed by atoms with Crippen LogP contribution in [0.4, 0.5) is 5.82 Å². The van der Waals surface area contributed by atoms with Crippen LogP contribution < -0.4 is 5.73 Å². The molecule has 4 nitrogen and oxygen atoms in total. The van der Waals surface area contributed by atoms with Crippen molar-refractivity contribution in [2.45, 2.75) is 19.8 Å². The van der Waals surface area contributed by atoms with Gasteiger partial charge in [-0.1, -0.05) is 49.4 Å². The number of benzene rings is 1. The fourth-order valence-corrected chi connectivity index (χ4v) is 2.74. The summed E-state index contributed by atoms with van der Waals surface area (Å²) in [6.45, 7) is 4.38. The molecule has 2 N–H and O–H groups in total. The monoisotopic (exact) mass is 258 g/mol. The van der Waals surface area contributed by atoms with Crippen LogP contribution in [0, 0.1) is 0 Å². The first-order valence-electron chi connectivity index (χ1n) is 5.85. The summed E-state index contributed by atoms with van der Waals surface area (Å²) < 4.78 is 1.73. The molecule has 0 aliphatic heterocycles. The first-order valence-corrected chi connectivity index (χ1v) is 6.67. The second-order valence-corrected chi connectivity index (χ2v) is 5.53. The molecule has 18 heavy (non-hydrogen) atoms. The number of imidazole rings is 1. The Morgan fingerprint density at radius 3 is 2.56 bits per heavy atom. The summed E-state index contributed by atoms with van der Waals surface area (Å²) in [6, 6.07) is 8.52. The highest BCUT2D eigenvalue weighted by Crippen LogP contribution is 2.27. The normalized spacial score (nSPS) is 11.5. The molecule has 0 atom stereocenters. The topological polar surface area (TPSA) is 56.2 Å². The largest absolute Gasteiger partial charge is 0.382 e. The Morgan fingerprint density at radius 2 is 1.94 bits per heavy atom. The van der Waals surface area contributed by atoms with E-state index in [1.807, 2.05) is 0 Å². The number of aromatic nitrogens is 3. The van der Waals surface area contributed by atoms with Gasteiger partial charge in [0.05, 0.1) is 6.20 Å². The van der Waals surface area contributed by atoms with Crippen molar-refractivity contribution in [3.63, 3.8) is 0 Å². The van der Waals surface area contributed by atoms with Crippen molar-refractivity contribution >= 4 is 22.1 Å². The summed E-state index contributed by atoms with van der Waals surface area (Å²) in [5.41, 5.74) is 8.07. The van der Waals surface area contributed by atoms with E-state index in [1.165, 1.54) is 5.56 Å². The summed E-state index contributed by atoms with van der Waals surface area (Å²) in [4.78, 5) is 5.03. The number of anilines is 1. The Balaban J connectivity index is 2.00. The smallest absolute Gasteiger partial charge is 0.214 e. The number of nitrogens with two attached hydrogens (primary N) is 1. The zero-order chi connectivity index (χ0) is 12.7. The van der Waals surface area contributed by atoms with Crippen LogP contribution in [0.15, 0.2) is 30.5 Å². The molecular formula is C13H14N4S. The van der Waals surface area contributed by atoms with Crippen molar-refractivity contribution < 1.29 is 0 Å². The molecule has 0 bridgehead atoms. The van der Waals surface area contributed by atoms with E-state index in [9.17, 15) is 0 Å². The second kappa shape index (κ2) is 4.10. The van der Waals surface area contributed by atoms with Gasteiger partial charge in [-0.25, -0.2) is 9.50 Å². The van der Waals surface area contributed by atoms with Crippen molar-refractivity contribution in [2.75, 3.05) is 5.73 Å². The van der Waals surface area contributed by atoms with Crippen LogP contribution in [0.2, 0.25) is 0 Å². The van der Waals surface area contributed by atoms with Crippen molar-refractivity contribution in [3.8, 4) is 10.6 Å². The molecule has 0 spiro atoms. The first kappa shape index (κ1) is 11.2. The Morgan fingerprint density at radius 1 is 1.22 bits per heavy atom. The summed E-state index contributed by atoms with van der Waals surface area (Å²) in [5.74, 6) is 1.06. The summed E-state index contributed by atoms with van der Waals surface area (Å²) in [6.07, 6.45) is 1.73. The molecular weight excluding hydrogens is 244 g/mol. The minimum Gasteiger partial charge on any atom is -0.382 e. The molecule has 2 heterocycles. The van der Waals surface area contributed by atoms with Crippen LogP contribution in [-0.4, -0.2) is 14.6 Å². The number of nitrogen functional groups attached to an aromatic ring is 1. The van der Waals surface area contributed by atoms with Crippen LogP contribution in [0.25, 0.3) is 15.5 Å². The molecule has 5 heteroatoms. The Kier molecular flexibility index (Phi) is 2.56. The lowest BCUT2D eigenvalue weighted by atomic mass is 10.0. The molecule has 0 aliphatic carbocycles. The van der Waals surface area contributed by atoms with Crippen molar-refractivity contribution in [1.29, 1.82) is 0 Å². The Bertz CT molecular complexity index is 647. The molecule has 3 rings (SSSR count). The van der Waals surface area contributed by atoms with E-state index in [1.54, 1.807) is 22.0 Å². The number of nitrogens with zero attached hydrogens (tertiary/aromatic N) is 3. The predicted molar refractivity (Wildman–Crippen MR) is 74.8 cm³/mol. The lowest BCUT2D eigenvalue weighted by molar-refractivity contribution is 0.867. The Hall–Kier alpha value is -1.88. The van der Waals surface area contributed by atoms with Crippen LogP contribution in [0.1, 0.15) is 25.3 Å². The molecule has 92 valence electrons. The van der Waals surface area contributed by atoms with Gasteiger partial charge in [-0.2, -0.15) is 5.10 Å². The van der Waals surface area contributed by atoms with Gasteiger partial charge in [-0.15, -0.1) is 0 Å². The zero-order valence-electron chi connectivity index (χ0n) is 10.3. The third-order valence-electron chi connectivity index (χ3n) is 2.89. The third-order valence-corrected chi connectivity index (χ3v) is 3.86. The number of rotatable bonds is 2. The maximum atomic E-state index is 5.61. The highest BCUT2D eigenvalue weighted by Gasteiger charge is 2.09. The van der Waals surface area contributed by atoms with Gasteiger partial charge < -0.3 is 5.73 Å². The zero-order valence-corrected chi connectivity index (χ0v) is 11.1. The second-order valence-electron chi connectivity index (χ2n) is 4.58. The van der Waals surface area contributed by atoms with Gasteiger partial charge in [0.1, 0.15) is 10.8 Å². The van der Waals surface area contributed by atoms with Gasteiger partial charge in [-0.05, 0) is 11.5 Å². The van der Waals surface area contributed by atoms with Crippen LogP contribution in [0.5, 0.6) is 0 Å². The number of hydrogen-bond donors (Lipinski definition) is 1. The minimum atomic E-state index is 0.510. The van der Waals surface area contributed by atoms with Gasteiger partial charge in [-0.3, -0.25) is 0 Å². The van der Waals surface area contributed by atoms with Gasteiger partial charge in [0, 0.05) is 5.56 Å². The Labute approximate surface area is 109 Å². The molecule has 0 aliphatic rings. The predicted octanol–water partition coefficient (Wildman–Crippen LogP) is 3.16. The fourth-order valence-electron chi connectivity index (χ4n) is 1.84. The molecule has 0 fully saturated rings. The van der Waals surface area contributed by atoms with E-state index in [4.69, 9.17) is 5.73 Å². The average Bonchev–Trinajstić information content (AvgIpc) is 2.86. The maximum Gasteiger partial charge on any atom is 0.214 e. The fraction of sp³-hybridized carbons (Fsp3) is 0.231. The molecule has 3 aromatic rings. The molecule has 1 aromatic carbocycles. The van der Waals surface area contributed by atoms with Gasteiger partial charge in [0.15, 0.2) is 0 Å². The SMILES string of the molecule is CC(C)c1ccc(-c2nn3cc(N)nc3s2)cc1. The average molecular weight is 258 g/mol. The van der Waals surface area contributed by atoms with E-state index in [-0.39, 0.29) is 0 Å². The minimum absolute atomic E-state index is 0.510. The lowest BCUT2D eigenvalue weighted by Gasteiger charge is -2.04. The van der Waals surface area contributed by atoms with Crippen molar-refractivity contribution in [1.82, 2.24) is 14.6 Å². The lowest BCUT2D eigenvalue weighted by Crippen LogP contribution is -1.87. The van der Waals surface area contributed by atoms with E-state index in [0.29, 0.717) is 11.7 Å². The maximum absolute atomic E-state index is 5.61. The van der Waals surface area contributed by atoms with Gasteiger partial charge in [0.2, 0.25) is 4.96 Å². The molecule has 0 unspecified atom stereocenters. The summed E-state index contributed by atoms with van der Waals surface area (Å²) in [7, 11) is 0. The summed E-state index contributed by atoms with van der Waals surface area (Å²) >= 11 is 1.55. The van der Waals surface area contributed by atoms with E-state index in [2.05, 4.69) is 48.2 Å². The van der Waals surface area contributed by atoms with E-state index in [0.717, 1.165) is 15.5 Å². The molecule has 0 saturated heterocycles. The molecule has 0 amide bonds. The van der Waals surface area contributed by atoms with Crippen LogP contribution in [-0.2, 0) is 0 Å². The van der Waals surface area contributed by atoms with E-state index >= 15 is 0 Å². The highest BCUT2D eigenvalue weighted by molar-refractivity contribution is 7.19. The quantitative estimate of drug-likeness (QED) is 0.768. The summed E-state index contributed by atoms with van der Waals surface area (Å²) in [5, 5.41) is 5.44. The highest BCUT2D eigenvalue weighted by atomic mass is 32.1. The standard InChI is InChI=1S/C13H14N4S/c1-8(2)9-3-5-10(6-4-9)12-16-17-7-11(14)15-13(17)18-12/h3-8H,14H2,1-2H3. The van der Waals surface area contributed by atoms with Gasteiger partial charge in [0.25, 0.3) is 0 Å². The number of hydrogen-bond acceptors (Lipinski definition) is 4. The van der Waals surface area contributed by atoms with Crippen LogP contribution in [0.3, 0.4) is 0 Å². The van der Waals surface area contributed by atoms with E-state index < -0.39 is 0 Å². The molecule has 2 aromatic heterocycles. The van der Waals surface area contributed by atoms with Crippen molar-refractivity contribution in [3.05, 3.63) is 36.0 Å². The third kappa shape index (κ3) is 1.86. The first-order chi connectivity index (χ1) is 8.63. The molecule has 0 saturated carbocycles. The van der Waals surface area contributed by atoms with Crippen LogP contribution >= 0.6 is 11.3 Å². The molecule has 0 radical (unpaired) electrons. The van der Waals surface area contributed by atoms with Gasteiger partial charge >= 0.3 is 0 Å². The van der Waals surface area contributed by atoms with Crippen molar-refractivity contribution in [2.24, 2.45) is 0 Å². The number of fused-ring (bicyclic) bond motifs is 1.